The van der Waals surface area contributed by atoms with Gasteiger partial charge in [-0.1, -0.05) is 25.0 Å². The number of Topliss-reactive ketones (excluding diaryl/α,β-unsaturated/α-hetero) is 1. The van der Waals surface area contributed by atoms with Crippen molar-refractivity contribution in [2.24, 2.45) is 0 Å². The Hall–Kier alpha value is -5.21. The molecule has 0 spiro atoms. The molecule has 3 aromatic heterocycles. The molecule has 300 valence electrons. The number of carbonyl (C=O) groups excluding carboxylic acids is 3. The van der Waals surface area contributed by atoms with E-state index < -0.39 is 0 Å². The summed E-state index contributed by atoms with van der Waals surface area (Å²) in [5, 5.41) is 6.40. The van der Waals surface area contributed by atoms with Crippen molar-refractivity contribution in [2.75, 3.05) is 62.6 Å². The van der Waals surface area contributed by atoms with Crippen LogP contribution in [0.2, 0.25) is 0 Å². The van der Waals surface area contributed by atoms with Crippen LogP contribution in [0.4, 0.5) is 17.5 Å². The number of piperazine rings is 1. The van der Waals surface area contributed by atoms with Gasteiger partial charge in [-0.15, -0.1) is 0 Å². The monoisotopic (exact) mass is 775 g/mol. The van der Waals surface area contributed by atoms with Gasteiger partial charge >= 0.3 is 0 Å². The molecule has 4 aliphatic rings. The smallest absolute Gasteiger partial charge is 0.263 e. The number of likely N-dealkylation sites (tertiary alicyclic amines) is 1. The number of piperidine rings is 2. The average molecular weight is 776 g/mol. The molecule has 0 bridgehead atoms. The summed E-state index contributed by atoms with van der Waals surface area (Å²) >= 11 is 0. The Morgan fingerprint density at radius 1 is 0.912 bits per heavy atom. The number of imide groups is 1. The number of aryl methyl sites for hydroxylation is 1. The summed E-state index contributed by atoms with van der Waals surface area (Å²) < 4.78 is 7.79. The first-order valence-electron chi connectivity index (χ1n) is 20.7. The summed E-state index contributed by atoms with van der Waals surface area (Å²) in [5.74, 6) is 0.799. The zero-order valence-corrected chi connectivity index (χ0v) is 33.0. The van der Waals surface area contributed by atoms with E-state index in [0.717, 1.165) is 100 Å². The van der Waals surface area contributed by atoms with E-state index in [1.54, 1.807) is 17.7 Å². The van der Waals surface area contributed by atoms with Gasteiger partial charge in [-0.3, -0.25) is 34.0 Å². The highest BCUT2D eigenvalue weighted by Gasteiger charge is 2.30. The maximum absolute atomic E-state index is 13.6. The van der Waals surface area contributed by atoms with Crippen LogP contribution in [-0.4, -0.2) is 105 Å². The van der Waals surface area contributed by atoms with E-state index >= 15 is 0 Å². The molecule has 1 aromatic carbocycles. The summed E-state index contributed by atoms with van der Waals surface area (Å²) in [4.78, 5) is 71.5. The number of hydrogen-bond acceptors (Lipinski definition) is 12. The minimum Gasteiger partial charge on any atom is -0.494 e. The van der Waals surface area contributed by atoms with Gasteiger partial charge in [0.1, 0.15) is 17.2 Å². The number of rotatable bonds is 12. The molecule has 1 atom stereocenters. The lowest BCUT2D eigenvalue weighted by atomic mass is 9.90. The first-order chi connectivity index (χ1) is 27.7. The molecule has 2 amide bonds. The molecule has 3 aliphatic heterocycles. The largest absolute Gasteiger partial charge is 0.494 e. The number of fused-ring (bicyclic) bond motifs is 1. The number of nitrogens with zero attached hydrogens (tertiary/aromatic N) is 7. The molecule has 4 fully saturated rings. The summed E-state index contributed by atoms with van der Waals surface area (Å²) in [6, 6.07) is 12.4. The second-order valence-electron chi connectivity index (χ2n) is 16.0. The normalized spacial score (nSPS) is 20.2. The number of pyridine rings is 2. The van der Waals surface area contributed by atoms with E-state index in [-0.39, 0.29) is 40.7 Å². The molecule has 1 aliphatic carbocycles. The molecule has 4 aromatic rings. The van der Waals surface area contributed by atoms with Crippen molar-refractivity contribution in [3.8, 4) is 5.75 Å². The molecule has 2 N–H and O–H groups in total. The molecular formula is C43H53N9O5. The van der Waals surface area contributed by atoms with E-state index in [1.807, 2.05) is 36.5 Å². The minimum absolute atomic E-state index is 0.0241. The van der Waals surface area contributed by atoms with Gasteiger partial charge in [0.05, 0.1) is 30.0 Å². The Morgan fingerprint density at radius 2 is 1.70 bits per heavy atom. The van der Waals surface area contributed by atoms with E-state index in [0.29, 0.717) is 48.5 Å². The summed E-state index contributed by atoms with van der Waals surface area (Å²) in [7, 11) is 0. The Balaban J connectivity index is 0.787. The van der Waals surface area contributed by atoms with Gasteiger partial charge < -0.3 is 19.9 Å². The highest BCUT2D eigenvalue weighted by molar-refractivity contribution is 6.01. The van der Waals surface area contributed by atoms with Crippen LogP contribution in [0.3, 0.4) is 0 Å². The minimum atomic E-state index is -0.303. The Bertz CT molecular complexity index is 2170. The second-order valence-corrected chi connectivity index (χ2v) is 16.0. The van der Waals surface area contributed by atoms with Crippen molar-refractivity contribution in [2.45, 2.75) is 89.6 Å². The molecule has 14 nitrogen and oxygen atoms in total. The molecule has 6 heterocycles. The number of carbonyl (C=O) groups is 3. The van der Waals surface area contributed by atoms with Gasteiger partial charge in [0.15, 0.2) is 5.78 Å². The third-order valence-corrected chi connectivity index (χ3v) is 12.4. The molecule has 8 rings (SSSR count). The van der Waals surface area contributed by atoms with Crippen molar-refractivity contribution in [3.05, 3.63) is 75.8 Å². The van der Waals surface area contributed by atoms with Crippen molar-refractivity contribution < 1.29 is 19.1 Å². The van der Waals surface area contributed by atoms with Crippen molar-refractivity contribution in [1.29, 1.82) is 0 Å². The van der Waals surface area contributed by atoms with Crippen LogP contribution >= 0.6 is 0 Å². The SMILES string of the molecule is CC(=O)c1c(C)c2cnc(Nc3ccc(N4CCN(C5CCN(CCCOc6cccc(C7CCC(=O)NC7=O)c6)CC5)CC4)cn3)nc2n(C2CCCC2)c1=O. The van der Waals surface area contributed by atoms with Crippen molar-refractivity contribution >= 4 is 46.1 Å². The fraction of sp³-hybridized carbons (Fsp3) is 0.512. The zero-order chi connectivity index (χ0) is 39.5. The highest BCUT2D eigenvalue weighted by atomic mass is 16.5. The third-order valence-electron chi connectivity index (χ3n) is 12.4. The van der Waals surface area contributed by atoms with Crippen LogP contribution in [0.1, 0.15) is 98.2 Å². The number of aromatic nitrogens is 4. The third kappa shape index (κ3) is 8.57. The molecule has 3 saturated heterocycles. The van der Waals surface area contributed by atoms with E-state index in [2.05, 4.69) is 36.4 Å². The van der Waals surface area contributed by atoms with Crippen molar-refractivity contribution in [3.63, 3.8) is 0 Å². The number of anilines is 3. The topological polar surface area (TPSA) is 155 Å². The number of nitrogens with one attached hydrogen (secondary N) is 2. The zero-order valence-electron chi connectivity index (χ0n) is 33.0. The summed E-state index contributed by atoms with van der Waals surface area (Å²) in [6.07, 6.45) is 11.7. The predicted octanol–water partition coefficient (Wildman–Crippen LogP) is 5.13. The van der Waals surface area contributed by atoms with Gasteiger partial charge in [0.25, 0.3) is 5.56 Å². The number of ketones is 1. The fourth-order valence-electron chi connectivity index (χ4n) is 9.23. The Kier molecular flexibility index (Phi) is 11.6. The van der Waals surface area contributed by atoms with Crippen LogP contribution in [0.25, 0.3) is 11.0 Å². The lowest BCUT2D eigenvalue weighted by Gasteiger charge is -2.43. The molecule has 1 unspecified atom stereocenters. The molecule has 57 heavy (non-hydrogen) atoms. The van der Waals surface area contributed by atoms with E-state index in [9.17, 15) is 19.2 Å². The van der Waals surface area contributed by atoms with Crippen molar-refractivity contribution in [1.82, 2.24) is 34.6 Å². The summed E-state index contributed by atoms with van der Waals surface area (Å²) in [6.45, 7) is 11.0. The Labute approximate surface area is 333 Å². The number of hydrogen-bond donors (Lipinski definition) is 2. The molecule has 1 saturated carbocycles. The first kappa shape index (κ1) is 38.7. The van der Waals surface area contributed by atoms with Gasteiger partial charge in [0, 0.05) is 62.8 Å². The average Bonchev–Trinajstić information content (AvgIpc) is 3.75. The number of amides is 2. The Morgan fingerprint density at radius 3 is 2.42 bits per heavy atom. The van der Waals surface area contributed by atoms with Crippen LogP contribution in [-0.2, 0) is 9.59 Å². The maximum Gasteiger partial charge on any atom is 0.263 e. The second kappa shape index (κ2) is 17.1. The van der Waals surface area contributed by atoms with Crippen LogP contribution < -0.4 is 25.8 Å². The van der Waals surface area contributed by atoms with Crippen LogP contribution in [0.15, 0.2) is 53.6 Å². The maximum atomic E-state index is 13.6. The lowest BCUT2D eigenvalue weighted by molar-refractivity contribution is -0.134. The predicted molar refractivity (Wildman–Crippen MR) is 218 cm³/mol. The molecule has 0 radical (unpaired) electrons. The first-order valence-corrected chi connectivity index (χ1v) is 20.7. The lowest BCUT2D eigenvalue weighted by Crippen LogP contribution is -2.53. The molecule has 14 heteroatoms. The van der Waals surface area contributed by atoms with E-state index in [1.165, 1.54) is 19.8 Å². The number of ether oxygens (including phenoxy) is 1. The van der Waals surface area contributed by atoms with Gasteiger partial charge in [-0.05, 0) is 101 Å². The van der Waals surface area contributed by atoms with Gasteiger partial charge in [0.2, 0.25) is 17.8 Å². The van der Waals surface area contributed by atoms with Gasteiger partial charge in [-0.25, -0.2) is 9.97 Å². The van der Waals surface area contributed by atoms with Crippen LogP contribution in [0.5, 0.6) is 5.75 Å². The number of benzene rings is 1. The fourth-order valence-corrected chi connectivity index (χ4v) is 9.23. The quantitative estimate of drug-likeness (QED) is 0.111. The van der Waals surface area contributed by atoms with Crippen LogP contribution in [0, 0.1) is 6.92 Å². The highest BCUT2D eigenvalue weighted by Crippen LogP contribution is 2.32. The van der Waals surface area contributed by atoms with Gasteiger partial charge in [-0.2, -0.15) is 4.98 Å². The summed E-state index contributed by atoms with van der Waals surface area (Å²) in [5.41, 5.74) is 3.14. The van der Waals surface area contributed by atoms with E-state index in [4.69, 9.17) is 14.7 Å². The molecular weight excluding hydrogens is 723 g/mol. The standard InChI is InChI=1S/C43H53N9O5/c1-28-36-27-45-43(48-40(36)52(32-8-3-4-9-32)42(56)39(28)29(2)53)46-37-13-11-33(26-44-37)51-22-20-50(21-23-51)31-15-18-49(19-16-31)17-6-24-57-34-10-5-7-30(25-34)35-12-14-38(54)47-41(35)55/h5,7,10-11,13,25-27,31-32,35H,3-4,6,8-9,12,14-24H2,1-2H3,(H,47,54,55)(H,44,45,46,48).